The maximum absolute atomic E-state index is 6.49. The van der Waals surface area contributed by atoms with Crippen molar-refractivity contribution < 1.29 is 26.6 Å². The highest BCUT2D eigenvalue weighted by Gasteiger charge is 2.37. The minimum Gasteiger partial charge on any atom is -0.417 e. The molecule has 0 saturated carbocycles. The summed E-state index contributed by atoms with van der Waals surface area (Å²) < 4.78 is 38.3. The summed E-state index contributed by atoms with van der Waals surface area (Å²) in [6, 6.07) is 0. The van der Waals surface area contributed by atoms with E-state index in [1.807, 2.05) is 12.2 Å². The highest BCUT2D eigenvalue weighted by Crippen LogP contribution is 2.31. The van der Waals surface area contributed by atoms with Gasteiger partial charge in [0.25, 0.3) is 0 Å². The summed E-state index contributed by atoms with van der Waals surface area (Å²) in [6.07, 6.45) is 11.8. The highest BCUT2D eigenvalue weighted by molar-refractivity contribution is 6.71. The quantitative estimate of drug-likeness (QED) is 0.0495. The van der Waals surface area contributed by atoms with Crippen LogP contribution >= 0.6 is 0 Å². The maximum Gasteiger partial charge on any atom is 0.184 e. The van der Waals surface area contributed by atoms with Crippen LogP contribution in [0, 0.1) is 5.41 Å². The summed E-state index contributed by atoms with van der Waals surface area (Å²) in [6.45, 7) is 51.1. The van der Waals surface area contributed by atoms with Gasteiger partial charge < -0.3 is 26.6 Å². The van der Waals surface area contributed by atoms with Crippen molar-refractivity contribution in [2.24, 2.45) is 5.41 Å². The summed E-state index contributed by atoms with van der Waals surface area (Å²) in [7, 11) is -9.57. The molecule has 6 nitrogen and oxygen atoms in total. The van der Waals surface area contributed by atoms with Crippen molar-refractivity contribution >= 4 is 49.9 Å². The lowest BCUT2D eigenvalue weighted by Crippen LogP contribution is -2.48. The number of allylic oxidation sites excluding steroid dienone is 2. The van der Waals surface area contributed by atoms with Crippen LogP contribution in [0.3, 0.4) is 0 Å². The predicted molar refractivity (Wildman–Crippen MR) is 229 cm³/mol. The Morgan fingerprint density at radius 1 is 0.458 bits per heavy atom. The van der Waals surface area contributed by atoms with Gasteiger partial charge in [-0.2, -0.15) is 0 Å². The van der Waals surface area contributed by atoms with Gasteiger partial charge in [-0.1, -0.05) is 18.6 Å². The van der Waals surface area contributed by atoms with Crippen molar-refractivity contribution in [2.75, 3.05) is 26.4 Å². The summed E-state index contributed by atoms with van der Waals surface area (Å²) >= 11 is 0. The molecule has 0 aliphatic heterocycles. The first kappa shape index (κ1) is 50.6. The monoisotopic (exact) mass is 780 g/mol. The largest absolute Gasteiger partial charge is 0.417 e. The first-order valence-corrected chi connectivity index (χ1v) is 39.0. The number of unbranched alkanes of at least 4 members (excludes halogenated alkanes) is 3. The Kier molecular flexibility index (Phi) is 23.8. The molecule has 0 radical (unpaired) electrons. The molecular weight excluding hydrogens is 697 g/mol. The third-order valence-corrected chi connectivity index (χ3v) is 12.9. The zero-order chi connectivity index (χ0) is 38.1. The molecule has 288 valence electrons. The molecule has 0 saturated heterocycles. The van der Waals surface area contributed by atoms with Crippen LogP contribution in [0.15, 0.2) is 25.3 Å². The summed E-state index contributed by atoms with van der Waals surface area (Å²) in [5.74, 6) is 0. The van der Waals surface area contributed by atoms with Crippen molar-refractivity contribution in [2.45, 2.75) is 175 Å². The molecule has 0 aromatic rings. The molecule has 0 aromatic heterocycles. The van der Waals surface area contributed by atoms with Crippen LogP contribution < -0.4 is 0 Å². The van der Waals surface area contributed by atoms with E-state index in [4.69, 9.17) is 26.6 Å². The minimum absolute atomic E-state index is 0.0258. The zero-order valence-corrected chi connectivity index (χ0v) is 41.5. The van der Waals surface area contributed by atoms with Crippen LogP contribution in [0.2, 0.25) is 118 Å². The normalized spacial score (nSPS) is 15.0. The van der Waals surface area contributed by atoms with E-state index >= 15 is 0 Å². The highest BCUT2D eigenvalue weighted by atomic mass is 28.4. The van der Waals surface area contributed by atoms with Gasteiger partial charge in [0.05, 0.1) is 18.8 Å². The van der Waals surface area contributed by atoms with Crippen molar-refractivity contribution in [3.05, 3.63) is 25.3 Å². The smallest absolute Gasteiger partial charge is 0.184 e. The Balaban J connectivity index is 0. The number of rotatable bonds is 26. The number of hydrogen-bond donors (Lipinski definition) is 0. The van der Waals surface area contributed by atoms with Crippen LogP contribution in [-0.2, 0) is 26.6 Å². The molecular formula is C36H84O6Si6. The van der Waals surface area contributed by atoms with Crippen molar-refractivity contribution in [3.8, 4) is 0 Å². The van der Waals surface area contributed by atoms with Gasteiger partial charge in [-0.15, -0.1) is 13.2 Å². The van der Waals surface area contributed by atoms with E-state index in [9.17, 15) is 0 Å². The zero-order valence-electron chi connectivity index (χ0n) is 35.5. The fourth-order valence-electron chi connectivity index (χ4n) is 4.48. The van der Waals surface area contributed by atoms with Crippen LogP contribution in [0.5, 0.6) is 0 Å². The van der Waals surface area contributed by atoms with Crippen LogP contribution in [-0.4, -0.2) is 88.5 Å². The van der Waals surface area contributed by atoms with E-state index in [1.165, 1.54) is 12.8 Å². The average Bonchev–Trinajstić information content (AvgIpc) is 2.86. The maximum atomic E-state index is 6.49. The molecule has 0 aliphatic carbocycles. The van der Waals surface area contributed by atoms with Crippen molar-refractivity contribution in [1.82, 2.24) is 0 Å². The SMILES string of the molecule is C=CCCCC(O[Si](C)(C)C)C(CO[Si](C)(C)C)O[Si](C)(C)C.C=CCCCCC(CO[Si](C)(C)C)(CO[Si](C)(C)C)CO[Si](C)(C)C. The Morgan fingerprint density at radius 3 is 1.15 bits per heavy atom. The third kappa shape index (κ3) is 33.7. The van der Waals surface area contributed by atoms with Gasteiger partial charge in [-0.3, -0.25) is 0 Å². The van der Waals surface area contributed by atoms with E-state index in [0.717, 1.165) is 51.9 Å². The van der Waals surface area contributed by atoms with E-state index in [2.05, 4.69) is 131 Å². The minimum atomic E-state index is -1.65. The fourth-order valence-corrected chi connectivity index (χ4v) is 9.67. The van der Waals surface area contributed by atoms with Crippen molar-refractivity contribution in [3.63, 3.8) is 0 Å². The van der Waals surface area contributed by atoms with Gasteiger partial charge in [0, 0.05) is 25.2 Å². The van der Waals surface area contributed by atoms with Crippen LogP contribution in [0.1, 0.15) is 44.9 Å². The Hall–Kier alpha value is 0.541. The first-order valence-electron chi connectivity index (χ1n) is 18.5. The average molecular weight is 782 g/mol. The molecule has 48 heavy (non-hydrogen) atoms. The van der Waals surface area contributed by atoms with E-state index in [-0.39, 0.29) is 17.6 Å². The van der Waals surface area contributed by atoms with Crippen LogP contribution in [0.25, 0.3) is 0 Å². The van der Waals surface area contributed by atoms with Crippen LogP contribution in [0.4, 0.5) is 0 Å². The summed E-state index contributed by atoms with van der Waals surface area (Å²) in [4.78, 5) is 0. The molecule has 0 aromatic carbocycles. The van der Waals surface area contributed by atoms with Gasteiger partial charge in [0.1, 0.15) is 0 Å². The lowest BCUT2D eigenvalue weighted by molar-refractivity contribution is 0.00706. The standard InChI is InChI=1S/C19H44O3Si3.C17H40O3Si3/c1-11-12-13-14-15-19(16-20-23(2,3)4,17-21-24(5,6)7)18-22-25(8,9)10;1-11-12-13-14-16(19-22(5,6)7)17(20-23(8,9)10)15-18-21(2,3)4/h11H,1,12-18H2,2-10H3;11,16-17H,1,12-15H2,2-10H3. The van der Waals surface area contributed by atoms with Gasteiger partial charge in [0.2, 0.25) is 0 Å². The molecule has 0 amide bonds. The lowest BCUT2D eigenvalue weighted by Gasteiger charge is -2.39. The second-order valence-corrected chi connectivity index (χ2v) is 46.4. The lowest BCUT2D eigenvalue weighted by atomic mass is 9.85. The summed E-state index contributed by atoms with van der Waals surface area (Å²) in [5.41, 5.74) is -0.0258. The molecule has 2 unspecified atom stereocenters. The summed E-state index contributed by atoms with van der Waals surface area (Å²) in [5, 5.41) is 0. The number of hydrogen-bond acceptors (Lipinski definition) is 6. The fraction of sp³-hybridized carbons (Fsp3) is 0.889. The topological polar surface area (TPSA) is 55.4 Å². The van der Waals surface area contributed by atoms with Crippen molar-refractivity contribution in [1.29, 1.82) is 0 Å². The predicted octanol–water partition coefficient (Wildman–Crippen LogP) is 11.9. The second-order valence-electron chi connectivity index (χ2n) is 19.4. The molecule has 0 spiro atoms. The van der Waals surface area contributed by atoms with Gasteiger partial charge in [-0.25, -0.2) is 0 Å². The first-order chi connectivity index (χ1) is 21.4. The molecule has 0 rings (SSSR count). The molecule has 2 atom stereocenters. The Labute approximate surface area is 307 Å². The third-order valence-electron chi connectivity index (χ3n) is 6.80. The molecule has 0 bridgehead atoms. The van der Waals surface area contributed by atoms with E-state index in [0.29, 0.717) is 6.61 Å². The Bertz CT molecular complexity index is 816. The Morgan fingerprint density at radius 2 is 0.812 bits per heavy atom. The van der Waals surface area contributed by atoms with Gasteiger partial charge >= 0.3 is 0 Å². The molecule has 0 heterocycles. The van der Waals surface area contributed by atoms with E-state index < -0.39 is 49.9 Å². The second kappa shape index (κ2) is 22.6. The molecule has 0 aliphatic rings. The molecule has 0 N–H and O–H groups in total. The molecule has 0 fully saturated rings. The van der Waals surface area contributed by atoms with Gasteiger partial charge in [-0.05, 0) is 156 Å². The van der Waals surface area contributed by atoms with Gasteiger partial charge in [0.15, 0.2) is 49.9 Å². The molecule has 12 heteroatoms. The van der Waals surface area contributed by atoms with E-state index in [1.54, 1.807) is 0 Å².